The van der Waals surface area contributed by atoms with E-state index in [0.717, 1.165) is 6.42 Å². The predicted molar refractivity (Wildman–Crippen MR) is 55.5 cm³/mol. The molecule has 2 nitrogen and oxygen atoms in total. The summed E-state index contributed by atoms with van der Waals surface area (Å²) < 4.78 is 0. The zero-order valence-electron chi connectivity index (χ0n) is 8.62. The molecule has 1 aromatic heterocycles. The van der Waals surface area contributed by atoms with Crippen LogP contribution in [0.5, 0.6) is 0 Å². The van der Waals surface area contributed by atoms with Crippen LogP contribution in [0.2, 0.25) is 0 Å². The van der Waals surface area contributed by atoms with Gasteiger partial charge in [-0.3, -0.25) is 4.98 Å². The first-order valence-electron chi connectivity index (χ1n) is 4.90. The molecule has 0 radical (unpaired) electrons. The highest BCUT2D eigenvalue weighted by Crippen LogP contribution is 2.11. The topological polar surface area (TPSA) is 24.9 Å². The maximum Gasteiger partial charge on any atom is 0.0315 e. The highest BCUT2D eigenvalue weighted by atomic mass is 14.9. The van der Waals surface area contributed by atoms with Gasteiger partial charge in [0.2, 0.25) is 0 Å². The normalized spacial score (nSPS) is 15.3. The summed E-state index contributed by atoms with van der Waals surface area (Å²) in [7, 11) is 0. The molecule has 2 atom stereocenters. The van der Waals surface area contributed by atoms with Gasteiger partial charge in [-0.15, -0.1) is 0 Å². The van der Waals surface area contributed by atoms with E-state index in [-0.39, 0.29) is 0 Å². The second-order valence-corrected chi connectivity index (χ2v) is 3.48. The average molecular weight is 178 g/mol. The zero-order valence-corrected chi connectivity index (χ0v) is 8.62. The molecule has 0 saturated heterocycles. The Morgan fingerprint density at radius 3 is 2.77 bits per heavy atom. The molecule has 2 heteroatoms. The number of hydrogen-bond donors (Lipinski definition) is 1. The fourth-order valence-electron chi connectivity index (χ4n) is 1.27. The Kier molecular flexibility index (Phi) is 3.90. The van der Waals surface area contributed by atoms with E-state index in [2.05, 4.69) is 37.1 Å². The maximum atomic E-state index is 4.10. The highest BCUT2D eigenvalue weighted by Gasteiger charge is 2.06. The SMILES string of the molecule is CC[C@@H](C)N[C@@H](C)c1cccnc1. The van der Waals surface area contributed by atoms with Crippen molar-refractivity contribution >= 4 is 0 Å². The Bertz CT molecular complexity index is 233. The molecule has 1 heterocycles. The Balaban J connectivity index is 2.53. The first-order chi connectivity index (χ1) is 6.24. The van der Waals surface area contributed by atoms with Crippen molar-refractivity contribution in [2.75, 3.05) is 0 Å². The van der Waals surface area contributed by atoms with Crippen molar-refractivity contribution in [3.8, 4) is 0 Å². The molecule has 0 aliphatic rings. The van der Waals surface area contributed by atoms with Crippen LogP contribution in [-0.4, -0.2) is 11.0 Å². The highest BCUT2D eigenvalue weighted by molar-refractivity contribution is 5.12. The molecule has 1 rings (SSSR count). The van der Waals surface area contributed by atoms with Crippen LogP contribution >= 0.6 is 0 Å². The summed E-state index contributed by atoms with van der Waals surface area (Å²) in [5.41, 5.74) is 1.25. The van der Waals surface area contributed by atoms with E-state index in [4.69, 9.17) is 0 Å². The molecule has 0 aromatic carbocycles. The van der Waals surface area contributed by atoms with E-state index in [9.17, 15) is 0 Å². The number of pyridine rings is 1. The molecule has 1 N–H and O–H groups in total. The van der Waals surface area contributed by atoms with Gasteiger partial charge in [0.05, 0.1) is 0 Å². The van der Waals surface area contributed by atoms with E-state index < -0.39 is 0 Å². The van der Waals surface area contributed by atoms with Gasteiger partial charge in [0.25, 0.3) is 0 Å². The molecule has 0 amide bonds. The summed E-state index contributed by atoms with van der Waals surface area (Å²) in [6, 6.07) is 5.04. The van der Waals surface area contributed by atoms with Gasteiger partial charge in [-0.1, -0.05) is 13.0 Å². The molecular weight excluding hydrogens is 160 g/mol. The van der Waals surface area contributed by atoms with Gasteiger partial charge < -0.3 is 5.32 Å². The fourth-order valence-corrected chi connectivity index (χ4v) is 1.27. The monoisotopic (exact) mass is 178 g/mol. The number of nitrogens with zero attached hydrogens (tertiary/aromatic N) is 1. The van der Waals surface area contributed by atoms with Gasteiger partial charge in [-0.05, 0) is 31.9 Å². The second-order valence-electron chi connectivity index (χ2n) is 3.48. The summed E-state index contributed by atoms with van der Waals surface area (Å²) in [4.78, 5) is 4.10. The molecule has 0 aliphatic carbocycles. The lowest BCUT2D eigenvalue weighted by molar-refractivity contribution is 0.468. The number of rotatable bonds is 4. The predicted octanol–water partition coefficient (Wildman–Crippen LogP) is 2.53. The smallest absolute Gasteiger partial charge is 0.0315 e. The largest absolute Gasteiger partial charge is 0.308 e. The first-order valence-corrected chi connectivity index (χ1v) is 4.90. The van der Waals surface area contributed by atoms with E-state index in [0.29, 0.717) is 12.1 Å². The van der Waals surface area contributed by atoms with Crippen LogP contribution in [0.3, 0.4) is 0 Å². The van der Waals surface area contributed by atoms with Gasteiger partial charge >= 0.3 is 0 Å². The van der Waals surface area contributed by atoms with Gasteiger partial charge in [0.1, 0.15) is 0 Å². The molecule has 0 unspecified atom stereocenters. The second kappa shape index (κ2) is 4.97. The molecule has 0 aliphatic heterocycles. The quantitative estimate of drug-likeness (QED) is 0.766. The Hall–Kier alpha value is -0.890. The molecule has 13 heavy (non-hydrogen) atoms. The van der Waals surface area contributed by atoms with Crippen LogP contribution in [0.4, 0.5) is 0 Å². The molecule has 1 aromatic rings. The molecule has 0 spiro atoms. The van der Waals surface area contributed by atoms with E-state index in [1.54, 1.807) is 6.20 Å². The van der Waals surface area contributed by atoms with Crippen molar-refractivity contribution in [1.29, 1.82) is 0 Å². The first kappa shape index (κ1) is 10.2. The summed E-state index contributed by atoms with van der Waals surface area (Å²) >= 11 is 0. The van der Waals surface area contributed by atoms with Gasteiger partial charge in [0.15, 0.2) is 0 Å². The average Bonchev–Trinajstić information content (AvgIpc) is 2.19. The van der Waals surface area contributed by atoms with Crippen LogP contribution in [-0.2, 0) is 0 Å². The van der Waals surface area contributed by atoms with Crippen molar-refractivity contribution in [2.45, 2.75) is 39.3 Å². The molecule has 72 valence electrons. The van der Waals surface area contributed by atoms with Crippen molar-refractivity contribution in [2.24, 2.45) is 0 Å². The van der Waals surface area contributed by atoms with E-state index in [1.807, 2.05) is 12.3 Å². The van der Waals surface area contributed by atoms with Crippen molar-refractivity contribution in [3.05, 3.63) is 30.1 Å². The number of aromatic nitrogens is 1. The lowest BCUT2D eigenvalue weighted by atomic mass is 10.1. The summed E-state index contributed by atoms with van der Waals surface area (Å²) in [6.07, 6.45) is 4.88. The Labute approximate surface area is 80.4 Å². The van der Waals surface area contributed by atoms with Crippen LogP contribution in [0.25, 0.3) is 0 Å². The number of nitrogens with one attached hydrogen (secondary N) is 1. The third-order valence-electron chi connectivity index (χ3n) is 2.33. The minimum absolute atomic E-state index is 0.392. The minimum Gasteiger partial charge on any atom is -0.308 e. The maximum absolute atomic E-state index is 4.10. The zero-order chi connectivity index (χ0) is 9.68. The third kappa shape index (κ3) is 3.15. The van der Waals surface area contributed by atoms with Gasteiger partial charge in [-0.2, -0.15) is 0 Å². The van der Waals surface area contributed by atoms with Crippen LogP contribution in [0.1, 0.15) is 38.8 Å². The third-order valence-corrected chi connectivity index (χ3v) is 2.33. The summed E-state index contributed by atoms with van der Waals surface area (Å²) in [5.74, 6) is 0. The lowest BCUT2D eigenvalue weighted by Gasteiger charge is -2.18. The standard InChI is InChI=1S/C11H18N2/c1-4-9(2)13-10(3)11-6-5-7-12-8-11/h5-10,13H,4H2,1-3H3/t9-,10+/m1/s1. The fraction of sp³-hybridized carbons (Fsp3) is 0.545. The lowest BCUT2D eigenvalue weighted by Crippen LogP contribution is -2.28. The van der Waals surface area contributed by atoms with Crippen LogP contribution in [0, 0.1) is 0 Å². The summed E-state index contributed by atoms with van der Waals surface area (Å²) in [5, 5.41) is 3.51. The molecule has 0 bridgehead atoms. The van der Waals surface area contributed by atoms with Crippen LogP contribution < -0.4 is 5.32 Å². The Morgan fingerprint density at radius 2 is 2.23 bits per heavy atom. The van der Waals surface area contributed by atoms with Gasteiger partial charge in [0, 0.05) is 24.5 Å². The van der Waals surface area contributed by atoms with E-state index >= 15 is 0 Å². The Morgan fingerprint density at radius 1 is 1.46 bits per heavy atom. The number of hydrogen-bond acceptors (Lipinski definition) is 2. The minimum atomic E-state index is 0.392. The van der Waals surface area contributed by atoms with Crippen molar-refractivity contribution in [3.63, 3.8) is 0 Å². The van der Waals surface area contributed by atoms with E-state index in [1.165, 1.54) is 5.56 Å². The summed E-state index contributed by atoms with van der Waals surface area (Å²) in [6.45, 7) is 6.56. The molecule has 0 fully saturated rings. The van der Waals surface area contributed by atoms with Gasteiger partial charge in [-0.25, -0.2) is 0 Å². The molecular formula is C11H18N2. The van der Waals surface area contributed by atoms with Crippen LogP contribution in [0.15, 0.2) is 24.5 Å². The van der Waals surface area contributed by atoms with Crippen molar-refractivity contribution < 1.29 is 0 Å². The molecule has 0 saturated carbocycles. The van der Waals surface area contributed by atoms with Crippen molar-refractivity contribution in [1.82, 2.24) is 10.3 Å².